The number of carbonyl (C=O) groups excluding carboxylic acids is 1. The van der Waals surface area contributed by atoms with E-state index in [1.54, 1.807) is 7.11 Å². The van der Waals surface area contributed by atoms with Crippen LogP contribution in [0, 0.1) is 0 Å². The number of aromatic carboxylic acids is 1. The molecule has 0 unspecified atom stereocenters. The smallest absolute Gasteiger partial charge is 0.339 e. The number of ether oxygens (including phenoxy) is 3. The Bertz CT molecular complexity index is 544. The number of nitrogens with one attached hydrogen (secondary N) is 1. The van der Waals surface area contributed by atoms with Crippen LogP contribution in [0.1, 0.15) is 20.7 Å². The summed E-state index contributed by atoms with van der Waals surface area (Å²) >= 11 is 0. The summed E-state index contributed by atoms with van der Waals surface area (Å²) in [4.78, 5) is 23.5. The number of rotatable bonds is 5. The molecule has 2 N–H and O–H groups in total. The summed E-state index contributed by atoms with van der Waals surface area (Å²) in [5.41, 5.74) is 0.107. The number of hydrogen-bond donors (Lipinski definition) is 2. The Morgan fingerprint density at radius 1 is 1.29 bits per heavy atom. The van der Waals surface area contributed by atoms with Gasteiger partial charge >= 0.3 is 5.97 Å². The molecule has 114 valence electrons. The van der Waals surface area contributed by atoms with Gasteiger partial charge in [-0.2, -0.15) is 0 Å². The van der Waals surface area contributed by atoms with Crippen molar-refractivity contribution in [2.24, 2.45) is 0 Å². The van der Waals surface area contributed by atoms with Crippen molar-refractivity contribution in [3.63, 3.8) is 0 Å². The fourth-order valence-electron chi connectivity index (χ4n) is 2.25. The number of amides is 1. The molecule has 1 amide bonds. The number of carboxylic acid groups (broad SMARTS) is 1. The third kappa shape index (κ3) is 3.14. The Morgan fingerprint density at radius 3 is 2.62 bits per heavy atom. The molecule has 7 nitrogen and oxygen atoms in total. The highest BCUT2D eigenvalue weighted by Gasteiger charge is 2.30. The molecule has 2 rings (SSSR count). The summed E-state index contributed by atoms with van der Waals surface area (Å²) in [7, 11) is 2.87. The normalized spacial score (nSPS) is 21.0. The maximum atomic E-state index is 12.3. The van der Waals surface area contributed by atoms with E-state index < -0.39 is 11.9 Å². The molecule has 0 bridgehead atoms. The average Bonchev–Trinajstić information content (AvgIpc) is 2.93. The minimum atomic E-state index is -1.15. The quantitative estimate of drug-likeness (QED) is 0.823. The van der Waals surface area contributed by atoms with E-state index in [4.69, 9.17) is 19.3 Å². The highest BCUT2D eigenvalue weighted by Crippen LogP contribution is 2.24. The molecule has 1 fully saturated rings. The highest BCUT2D eigenvalue weighted by molar-refractivity contribution is 6.02. The lowest BCUT2D eigenvalue weighted by Crippen LogP contribution is -2.43. The molecule has 21 heavy (non-hydrogen) atoms. The summed E-state index contributed by atoms with van der Waals surface area (Å²) in [5, 5.41) is 11.9. The maximum Gasteiger partial charge on any atom is 0.339 e. The van der Waals surface area contributed by atoms with Gasteiger partial charge in [-0.15, -0.1) is 0 Å². The average molecular weight is 295 g/mol. The summed E-state index contributed by atoms with van der Waals surface area (Å²) < 4.78 is 15.5. The van der Waals surface area contributed by atoms with E-state index in [0.717, 1.165) is 0 Å². The predicted octanol–water partition coefficient (Wildman–Crippen LogP) is 0.537. The fraction of sp³-hybridized carbons (Fsp3) is 0.429. The van der Waals surface area contributed by atoms with Crippen molar-refractivity contribution < 1.29 is 28.9 Å². The van der Waals surface area contributed by atoms with E-state index >= 15 is 0 Å². The lowest BCUT2D eigenvalue weighted by molar-refractivity contribution is 0.0683. The number of carbonyl (C=O) groups is 2. The van der Waals surface area contributed by atoms with E-state index in [1.165, 1.54) is 25.3 Å². The van der Waals surface area contributed by atoms with Gasteiger partial charge in [0.2, 0.25) is 0 Å². The molecule has 1 aliphatic heterocycles. The number of carboxylic acids is 1. The van der Waals surface area contributed by atoms with Crippen molar-refractivity contribution in [2.45, 2.75) is 12.1 Å². The molecule has 0 spiro atoms. The zero-order chi connectivity index (χ0) is 15.4. The predicted molar refractivity (Wildman–Crippen MR) is 72.8 cm³/mol. The molecule has 2 atom stereocenters. The molecule has 1 saturated heterocycles. The van der Waals surface area contributed by atoms with E-state index in [1.807, 2.05) is 0 Å². The lowest BCUT2D eigenvalue weighted by Gasteiger charge is -2.18. The molecule has 1 heterocycles. The third-order valence-corrected chi connectivity index (χ3v) is 3.34. The molecule has 1 aromatic carbocycles. The standard InChI is InChI=1S/C14H17NO6/c1-19-11-7-21-6-10(11)15-13(16)8-4-3-5-9(14(17)18)12(8)20-2/h3-5,10-11H,6-7H2,1-2H3,(H,15,16)(H,17,18)/t10-,11+/m0/s1. The summed E-state index contributed by atoms with van der Waals surface area (Å²) in [6, 6.07) is 4.12. The highest BCUT2D eigenvalue weighted by atomic mass is 16.5. The fourth-order valence-corrected chi connectivity index (χ4v) is 2.25. The van der Waals surface area contributed by atoms with Gasteiger partial charge in [0.1, 0.15) is 17.4 Å². The molecular weight excluding hydrogens is 278 g/mol. The monoisotopic (exact) mass is 295 g/mol. The van der Waals surface area contributed by atoms with Crippen LogP contribution in [0.15, 0.2) is 18.2 Å². The molecule has 0 aromatic heterocycles. The Morgan fingerprint density at radius 2 is 2.00 bits per heavy atom. The van der Waals surface area contributed by atoms with Gasteiger partial charge in [-0.05, 0) is 12.1 Å². The van der Waals surface area contributed by atoms with Gasteiger partial charge in [-0.3, -0.25) is 4.79 Å². The minimum absolute atomic E-state index is 0.0374. The lowest BCUT2D eigenvalue weighted by atomic mass is 10.1. The van der Waals surface area contributed by atoms with Crippen LogP contribution in [-0.4, -0.2) is 56.6 Å². The van der Waals surface area contributed by atoms with Crippen LogP contribution >= 0.6 is 0 Å². The zero-order valence-electron chi connectivity index (χ0n) is 11.8. The van der Waals surface area contributed by atoms with Gasteiger partial charge in [0, 0.05) is 7.11 Å². The van der Waals surface area contributed by atoms with Crippen molar-refractivity contribution in [1.82, 2.24) is 5.32 Å². The first-order valence-corrected chi connectivity index (χ1v) is 6.40. The van der Waals surface area contributed by atoms with Crippen LogP contribution in [0.5, 0.6) is 5.75 Å². The zero-order valence-corrected chi connectivity index (χ0v) is 11.8. The number of benzene rings is 1. The minimum Gasteiger partial charge on any atom is -0.495 e. The summed E-state index contributed by atoms with van der Waals surface area (Å²) in [6.07, 6.45) is -0.220. The first-order chi connectivity index (χ1) is 10.1. The van der Waals surface area contributed by atoms with Crippen molar-refractivity contribution in [3.05, 3.63) is 29.3 Å². The van der Waals surface area contributed by atoms with Gasteiger partial charge in [0.25, 0.3) is 5.91 Å². The van der Waals surface area contributed by atoms with Crippen LogP contribution < -0.4 is 10.1 Å². The largest absolute Gasteiger partial charge is 0.495 e. The third-order valence-electron chi connectivity index (χ3n) is 3.34. The number of para-hydroxylation sites is 1. The molecule has 0 saturated carbocycles. The second-order valence-electron chi connectivity index (χ2n) is 4.58. The van der Waals surface area contributed by atoms with Crippen molar-refractivity contribution in [2.75, 3.05) is 27.4 Å². The maximum absolute atomic E-state index is 12.3. The number of methoxy groups -OCH3 is 2. The van der Waals surface area contributed by atoms with Gasteiger partial charge in [-0.25, -0.2) is 4.79 Å². The van der Waals surface area contributed by atoms with Crippen molar-refractivity contribution in [1.29, 1.82) is 0 Å². The molecule has 7 heteroatoms. The van der Waals surface area contributed by atoms with Crippen LogP contribution in [0.3, 0.4) is 0 Å². The topological polar surface area (TPSA) is 94.1 Å². The Hall–Kier alpha value is -2.12. The van der Waals surface area contributed by atoms with Gasteiger partial charge in [0.15, 0.2) is 0 Å². The molecule has 0 radical (unpaired) electrons. The van der Waals surface area contributed by atoms with Crippen molar-refractivity contribution >= 4 is 11.9 Å². The molecule has 0 aliphatic carbocycles. The Balaban J connectivity index is 2.23. The van der Waals surface area contributed by atoms with Crippen molar-refractivity contribution in [3.8, 4) is 5.75 Å². The SMILES string of the molecule is COc1c(C(=O)O)cccc1C(=O)N[C@H]1COC[C@H]1OC. The summed E-state index contributed by atoms with van der Waals surface area (Å²) in [5.74, 6) is -1.54. The molecule has 1 aliphatic rings. The van der Waals surface area contributed by atoms with Crippen LogP contribution in [-0.2, 0) is 9.47 Å². The Kier molecular flexibility index (Phi) is 4.77. The second kappa shape index (κ2) is 6.55. The molecule has 1 aromatic rings. The second-order valence-corrected chi connectivity index (χ2v) is 4.58. The Labute approximate surface area is 121 Å². The summed E-state index contributed by atoms with van der Waals surface area (Å²) in [6.45, 7) is 0.763. The van der Waals surface area contributed by atoms with E-state index in [0.29, 0.717) is 13.2 Å². The van der Waals surface area contributed by atoms with Gasteiger partial charge in [-0.1, -0.05) is 6.07 Å². The number of hydrogen-bond acceptors (Lipinski definition) is 5. The van der Waals surface area contributed by atoms with Crippen LogP contribution in [0.25, 0.3) is 0 Å². The first-order valence-electron chi connectivity index (χ1n) is 6.40. The van der Waals surface area contributed by atoms with Crippen LogP contribution in [0.2, 0.25) is 0 Å². The first kappa shape index (κ1) is 15.3. The van der Waals surface area contributed by atoms with E-state index in [-0.39, 0.29) is 29.0 Å². The molecular formula is C14H17NO6. The van der Waals surface area contributed by atoms with Crippen LogP contribution in [0.4, 0.5) is 0 Å². The van der Waals surface area contributed by atoms with Gasteiger partial charge in [0.05, 0.1) is 31.9 Å². The van der Waals surface area contributed by atoms with E-state index in [2.05, 4.69) is 5.32 Å². The van der Waals surface area contributed by atoms with Gasteiger partial charge < -0.3 is 24.6 Å². The van der Waals surface area contributed by atoms with E-state index in [9.17, 15) is 9.59 Å².